The van der Waals surface area contributed by atoms with E-state index in [2.05, 4.69) is 15.3 Å². The van der Waals surface area contributed by atoms with Crippen LogP contribution in [0.5, 0.6) is 5.88 Å². The van der Waals surface area contributed by atoms with Crippen molar-refractivity contribution in [3.63, 3.8) is 0 Å². The van der Waals surface area contributed by atoms with Gasteiger partial charge in [0.1, 0.15) is 10.6 Å². The molecule has 0 saturated carbocycles. The van der Waals surface area contributed by atoms with E-state index in [4.69, 9.17) is 16.3 Å². The van der Waals surface area contributed by atoms with Gasteiger partial charge < -0.3 is 15.0 Å². The maximum Gasteiger partial charge on any atom is 0.261 e. The molecule has 1 amide bonds. The molecule has 7 heteroatoms. The third-order valence-electron chi connectivity index (χ3n) is 2.65. The van der Waals surface area contributed by atoms with Gasteiger partial charge in [-0.25, -0.2) is 4.98 Å². The third kappa shape index (κ3) is 2.80. The molecule has 6 nitrogen and oxygen atoms in total. The number of halogens is 1. The number of nitrogens with one attached hydrogen (secondary N) is 2. The van der Waals surface area contributed by atoms with Gasteiger partial charge in [-0.05, 0) is 13.0 Å². The quantitative estimate of drug-likeness (QED) is 0.906. The van der Waals surface area contributed by atoms with Crippen molar-refractivity contribution < 1.29 is 9.53 Å². The van der Waals surface area contributed by atoms with Crippen LogP contribution in [0.4, 0.5) is 5.69 Å². The molecule has 104 valence electrons. The Morgan fingerprint density at radius 2 is 2.20 bits per heavy atom. The van der Waals surface area contributed by atoms with Gasteiger partial charge in [0, 0.05) is 18.0 Å². The van der Waals surface area contributed by atoms with Gasteiger partial charge in [0.25, 0.3) is 5.91 Å². The number of aromatic nitrogens is 2. The summed E-state index contributed by atoms with van der Waals surface area (Å²) in [5.74, 6) is -0.126. The Morgan fingerprint density at radius 1 is 1.45 bits per heavy atom. The molecule has 0 aliphatic carbocycles. The van der Waals surface area contributed by atoms with E-state index >= 15 is 0 Å². The Labute approximate surface area is 119 Å². The van der Waals surface area contributed by atoms with Crippen molar-refractivity contribution in [3.8, 4) is 5.88 Å². The SMILES string of the molecule is COc1ccc(NC(=O)c2c[nH]c(C)c(Cl)c2=O)cn1. The standard InChI is InChI=1S/C13H12ClN3O3/c1-7-11(14)12(18)9(6-15-7)13(19)17-8-3-4-10(20-2)16-5-8/h3-6H,1-2H3,(H,15,18)(H,17,19). The van der Waals surface area contributed by atoms with Crippen LogP contribution < -0.4 is 15.5 Å². The number of pyridine rings is 2. The zero-order chi connectivity index (χ0) is 14.7. The highest BCUT2D eigenvalue weighted by molar-refractivity contribution is 6.31. The normalized spacial score (nSPS) is 10.2. The van der Waals surface area contributed by atoms with Gasteiger partial charge in [-0.1, -0.05) is 11.6 Å². The second-order valence-corrected chi connectivity index (χ2v) is 4.39. The topological polar surface area (TPSA) is 84.1 Å². The number of carbonyl (C=O) groups is 1. The molecule has 2 heterocycles. The van der Waals surface area contributed by atoms with Gasteiger partial charge in [0.15, 0.2) is 0 Å². The molecular weight excluding hydrogens is 282 g/mol. The first kappa shape index (κ1) is 14.1. The number of methoxy groups -OCH3 is 1. The lowest BCUT2D eigenvalue weighted by Gasteiger charge is -2.06. The van der Waals surface area contributed by atoms with Crippen LogP contribution in [-0.4, -0.2) is 23.0 Å². The lowest BCUT2D eigenvalue weighted by Crippen LogP contribution is -2.22. The first-order valence-corrected chi connectivity index (χ1v) is 6.10. The smallest absolute Gasteiger partial charge is 0.261 e. The van der Waals surface area contributed by atoms with E-state index < -0.39 is 11.3 Å². The van der Waals surface area contributed by atoms with Crippen molar-refractivity contribution in [3.05, 3.63) is 51.0 Å². The summed E-state index contributed by atoms with van der Waals surface area (Å²) in [5.41, 5.74) is 0.393. The van der Waals surface area contributed by atoms with Crippen LogP contribution in [0.3, 0.4) is 0 Å². The zero-order valence-electron chi connectivity index (χ0n) is 10.9. The highest BCUT2D eigenvalue weighted by atomic mass is 35.5. The van der Waals surface area contributed by atoms with Crippen molar-refractivity contribution in [2.24, 2.45) is 0 Å². The molecule has 0 saturated heterocycles. The summed E-state index contributed by atoms with van der Waals surface area (Å²) in [6, 6.07) is 3.22. The lowest BCUT2D eigenvalue weighted by atomic mass is 10.2. The van der Waals surface area contributed by atoms with Crippen molar-refractivity contribution in [1.82, 2.24) is 9.97 Å². The molecule has 0 bridgehead atoms. The average Bonchev–Trinajstić information content (AvgIpc) is 2.45. The minimum absolute atomic E-state index is 0.00510. The van der Waals surface area contributed by atoms with Gasteiger partial charge in [0.2, 0.25) is 11.3 Å². The van der Waals surface area contributed by atoms with Gasteiger partial charge in [-0.2, -0.15) is 0 Å². The van der Waals surface area contributed by atoms with Crippen molar-refractivity contribution >= 4 is 23.2 Å². The first-order chi connectivity index (χ1) is 9.52. The van der Waals surface area contributed by atoms with Crippen LogP contribution in [0.2, 0.25) is 5.02 Å². The predicted octanol–water partition coefficient (Wildman–Crippen LogP) is 1.99. The highest BCUT2D eigenvalue weighted by Crippen LogP contribution is 2.12. The molecule has 0 aliphatic rings. The molecule has 2 N–H and O–H groups in total. The molecule has 0 aromatic carbocycles. The number of hydrogen-bond donors (Lipinski definition) is 2. The van der Waals surface area contributed by atoms with E-state index in [0.29, 0.717) is 17.3 Å². The number of H-pyrrole nitrogens is 1. The molecule has 20 heavy (non-hydrogen) atoms. The maximum atomic E-state index is 12.0. The Bertz CT molecular complexity index is 695. The van der Waals surface area contributed by atoms with E-state index in [1.165, 1.54) is 19.5 Å². The summed E-state index contributed by atoms with van der Waals surface area (Å²) >= 11 is 5.82. The van der Waals surface area contributed by atoms with Crippen molar-refractivity contribution in [2.45, 2.75) is 6.92 Å². The maximum absolute atomic E-state index is 12.0. The summed E-state index contributed by atoms with van der Waals surface area (Å²) in [7, 11) is 1.49. The van der Waals surface area contributed by atoms with Gasteiger partial charge >= 0.3 is 0 Å². The van der Waals surface area contributed by atoms with Crippen molar-refractivity contribution in [2.75, 3.05) is 12.4 Å². The molecule has 2 aromatic heterocycles. The van der Waals surface area contributed by atoms with Crippen molar-refractivity contribution in [1.29, 1.82) is 0 Å². The van der Waals surface area contributed by atoms with Crippen LogP contribution in [0.1, 0.15) is 16.1 Å². The molecule has 0 spiro atoms. The molecule has 0 unspecified atom stereocenters. The Kier molecular flexibility index (Phi) is 4.05. The number of carbonyl (C=O) groups excluding carboxylic acids is 1. The monoisotopic (exact) mass is 293 g/mol. The van der Waals surface area contributed by atoms with Crippen LogP contribution in [0, 0.1) is 6.92 Å². The largest absolute Gasteiger partial charge is 0.481 e. The van der Waals surface area contributed by atoms with Crippen LogP contribution >= 0.6 is 11.6 Å². The fourth-order valence-electron chi connectivity index (χ4n) is 1.54. The number of ether oxygens (including phenoxy) is 1. The number of nitrogens with zero attached hydrogens (tertiary/aromatic N) is 1. The predicted molar refractivity (Wildman–Crippen MR) is 75.6 cm³/mol. The number of aromatic amines is 1. The molecule has 0 atom stereocenters. The lowest BCUT2D eigenvalue weighted by molar-refractivity contribution is 0.102. The summed E-state index contributed by atoms with van der Waals surface area (Å²) in [6.45, 7) is 1.65. The molecule has 2 rings (SSSR count). The number of anilines is 1. The van der Waals surface area contributed by atoms with Gasteiger partial charge in [0.05, 0.1) is 19.0 Å². The Balaban J connectivity index is 2.24. The Morgan fingerprint density at radius 3 is 2.80 bits per heavy atom. The summed E-state index contributed by atoms with van der Waals surface area (Å²) in [6.07, 6.45) is 2.76. The van der Waals surface area contributed by atoms with Gasteiger partial charge in [-0.3, -0.25) is 9.59 Å². The molecule has 0 aliphatic heterocycles. The second-order valence-electron chi connectivity index (χ2n) is 4.01. The Hall–Kier alpha value is -2.34. The number of rotatable bonds is 3. The second kappa shape index (κ2) is 5.75. The number of amides is 1. The van der Waals surface area contributed by atoms with Crippen LogP contribution in [0.15, 0.2) is 29.3 Å². The zero-order valence-corrected chi connectivity index (χ0v) is 11.6. The van der Waals surface area contributed by atoms with Crippen LogP contribution in [0.25, 0.3) is 0 Å². The van der Waals surface area contributed by atoms with E-state index in [0.717, 1.165) is 0 Å². The average molecular weight is 294 g/mol. The fourth-order valence-corrected chi connectivity index (χ4v) is 1.70. The first-order valence-electron chi connectivity index (χ1n) is 5.72. The summed E-state index contributed by atoms with van der Waals surface area (Å²) < 4.78 is 4.91. The minimum Gasteiger partial charge on any atom is -0.481 e. The molecule has 2 aromatic rings. The third-order valence-corrected chi connectivity index (χ3v) is 3.11. The molecule has 0 radical (unpaired) electrons. The summed E-state index contributed by atoms with van der Waals surface area (Å²) in [5, 5.41) is 2.57. The van der Waals surface area contributed by atoms with E-state index in [1.807, 2.05) is 0 Å². The van der Waals surface area contributed by atoms with E-state index in [-0.39, 0.29) is 10.6 Å². The summed E-state index contributed by atoms with van der Waals surface area (Å²) in [4.78, 5) is 30.6. The molecule has 0 fully saturated rings. The van der Waals surface area contributed by atoms with Crippen LogP contribution in [-0.2, 0) is 0 Å². The number of aryl methyl sites for hydroxylation is 1. The minimum atomic E-state index is -0.555. The van der Waals surface area contributed by atoms with E-state index in [9.17, 15) is 9.59 Å². The van der Waals surface area contributed by atoms with Gasteiger partial charge in [-0.15, -0.1) is 0 Å². The number of hydrogen-bond acceptors (Lipinski definition) is 4. The fraction of sp³-hybridized carbons (Fsp3) is 0.154. The molecular formula is C13H12ClN3O3. The highest BCUT2D eigenvalue weighted by Gasteiger charge is 2.14. The van der Waals surface area contributed by atoms with E-state index in [1.54, 1.807) is 19.1 Å².